The van der Waals surface area contributed by atoms with Gasteiger partial charge in [0.25, 0.3) is 0 Å². The van der Waals surface area contributed by atoms with Crippen molar-refractivity contribution in [2.75, 3.05) is 26.7 Å². The van der Waals surface area contributed by atoms with E-state index in [4.69, 9.17) is 4.74 Å². The van der Waals surface area contributed by atoms with E-state index in [9.17, 15) is 14.4 Å². The van der Waals surface area contributed by atoms with Crippen molar-refractivity contribution in [3.05, 3.63) is 65.5 Å². The lowest BCUT2D eigenvalue weighted by Gasteiger charge is -2.42. The van der Waals surface area contributed by atoms with Crippen molar-refractivity contribution in [1.82, 2.24) is 30.7 Å². The third-order valence-corrected chi connectivity index (χ3v) is 7.78. The number of ether oxygens (including phenoxy) is 1. The van der Waals surface area contributed by atoms with Crippen LogP contribution in [0.1, 0.15) is 56.5 Å². The maximum Gasteiger partial charge on any atom is 0.409 e. The number of pyridine rings is 1. The first-order valence-corrected chi connectivity index (χ1v) is 14.2. The zero-order valence-electron chi connectivity index (χ0n) is 23.9. The number of alkyl carbamates (subject to hydrolysis) is 1. The Labute approximate surface area is 236 Å². The molecule has 0 saturated carbocycles. The highest BCUT2D eigenvalue weighted by Crippen LogP contribution is 2.29. The van der Waals surface area contributed by atoms with E-state index in [-0.39, 0.29) is 23.8 Å². The minimum absolute atomic E-state index is 0.138. The first kappa shape index (κ1) is 29.5. The Kier molecular flexibility index (Phi) is 10.1. The second-order valence-corrected chi connectivity index (χ2v) is 11.0. The molecule has 2 heterocycles. The zero-order chi connectivity index (χ0) is 28.6. The summed E-state index contributed by atoms with van der Waals surface area (Å²) in [7, 11) is 1.70. The topological polar surface area (TPSA) is 116 Å². The third-order valence-electron chi connectivity index (χ3n) is 7.78. The fraction of sp³-hybridized carbons (Fsp3) is 0.533. The summed E-state index contributed by atoms with van der Waals surface area (Å²) in [5.41, 5.74) is 3.25. The molecule has 2 aromatic rings. The van der Waals surface area contributed by atoms with Crippen LogP contribution in [0.4, 0.5) is 4.79 Å². The molecular formula is C30H42N6O4. The largest absolute Gasteiger partial charge is 0.424 e. The second-order valence-electron chi connectivity index (χ2n) is 11.0. The Hall–Kier alpha value is -3.50. The number of carbonyl (C=O) groups excluding carboxylic acids is 3. The van der Waals surface area contributed by atoms with Gasteiger partial charge in [-0.2, -0.15) is 0 Å². The summed E-state index contributed by atoms with van der Waals surface area (Å²) in [5, 5.41) is 8.85. The summed E-state index contributed by atoms with van der Waals surface area (Å²) in [4.78, 5) is 47.9. The number of amides is 3. The van der Waals surface area contributed by atoms with E-state index < -0.39 is 24.4 Å². The first-order valence-electron chi connectivity index (χ1n) is 14.2. The number of nitrogens with one attached hydrogen (secondary N) is 3. The molecule has 216 valence electrons. The minimum Gasteiger partial charge on any atom is -0.424 e. The fourth-order valence-corrected chi connectivity index (χ4v) is 5.33. The van der Waals surface area contributed by atoms with Gasteiger partial charge < -0.3 is 25.6 Å². The highest BCUT2D eigenvalue weighted by atomic mass is 16.6. The quantitative estimate of drug-likeness (QED) is 0.440. The van der Waals surface area contributed by atoms with Crippen LogP contribution in [0.3, 0.4) is 0 Å². The second kappa shape index (κ2) is 13.7. The number of benzene rings is 1. The lowest BCUT2D eigenvalue weighted by Crippen LogP contribution is -2.62. The molecule has 0 bridgehead atoms. The SMILES string of the molecule is CN[C@@H](C)C(=O)N[C@H](C(=O)N1CCN(Cc2ccccn2)C[C@@H]1OC(=O)NC1CCCc2ccccc21)C(C)C. The van der Waals surface area contributed by atoms with Crippen molar-refractivity contribution in [1.29, 1.82) is 0 Å². The monoisotopic (exact) mass is 550 g/mol. The molecule has 1 aliphatic heterocycles. The standard InChI is InChI=1S/C30H42N6O4/c1-20(2)27(34-28(37)21(3)31-4)29(38)36-17-16-35(18-23-12-7-8-15-32-23)19-26(36)40-30(39)33-25-14-9-11-22-10-5-6-13-24(22)25/h5-8,10,12-13,15,20-21,25-27,31H,9,11,14,16-19H2,1-4H3,(H,33,39)(H,34,37)/t21-,25?,26-,27-/m0/s1. The number of hydrogen-bond donors (Lipinski definition) is 3. The van der Waals surface area contributed by atoms with Crippen LogP contribution >= 0.6 is 0 Å². The van der Waals surface area contributed by atoms with Gasteiger partial charge in [0.05, 0.1) is 24.3 Å². The summed E-state index contributed by atoms with van der Waals surface area (Å²) < 4.78 is 5.98. The molecule has 3 N–H and O–H groups in total. The molecule has 2 aliphatic rings. The molecule has 0 spiro atoms. The van der Waals surface area contributed by atoms with Crippen molar-refractivity contribution in [2.24, 2.45) is 5.92 Å². The lowest BCUT2D eigenvalue weighted by molar-refractivity contribution is -0.153. The van der Waals surface area contributed by atoms with Crippen molar-refractivity contribution >= 4 is 17.9 Å². The Morgan fingerprint density at radius 3 is 2.58 bits per heavy atom. The van der Waals surface area contributed by atoms with E-state index in [1.54, 1.807) is 25.1 Å². The summed E-state index contributed by atoms with van der Waals surface area (Å²) in [6.07, 6.45) is 3.18. The van der Waals surface area contributed by atoms with Crippen LogP contribution in [0.5, 0.6) is 0 Å². The molecule has 0 radical (unpaired) electrons. The molecule has 10 nitrogen and oxygen atoms in total. The van der Waals surface area contributed by atoms with Crippen LogP contribution in [0.2, 0.25) is 0 Å². The number of aromatic nitrogens is 1. The maximum atomic E-state index is 13.8. The number of piperazine rings is 1. The maximum absolute atomic E-state index is 13.8. The molecule has 1 saturated heterocycles. The molecule has 1 aromatic carbocycles. The first-order chi connectivity index (χ1) is 19.3. The number of fused-ring (bicyclic) bond motifs is 1. The normalized spacial score (nSPS) is 20.8. The van der Waals surface area contributed by atoms with Gasteiger partial charge in [-0.05, 0) is 62.4 Å². The van der Waals surface area contributed by atoms with E-state index in [1.165, 1.54) is 5.56 Å². The van der Waals surface area contributed by atoms with Gasteiger partial charge in [-0.25, -0.2) is 4.79 Å². The van der Waals surface area contributed by atoms with Crippen LogP contribution in [0.15, 0.2) is 48.7 Å². The number of nitrogens with zero attached hydrogens (tertiary/aromatic N) is 3. The summed E-state index contributed by atoms with van der Waals surface area (Å²) >= 11 is 0. The molecule has 1 aromatic heterocycles. The number of aryl methyl sites for hydroxylation is 1. The van der Waals surface area contributed by atoms with Gasteiger partial charge in [0, 0.05) is 25.8 Å². The average molecular weight is 551 g/mol. The van der Waals surface area contributed by atoms with Crippen LogP contribution in [0.25, 0.3) is 0 Å². The summed E-state index contributed by atoms with van der Waals surface area (Å²) in [5.74, 6) is -0.667. The molecule has 40 heavy (non-hydrogen) atoms. The van der Waals surface area contributed by atoms with Crippen LogP contribution in [-0.4, -0.2) is 77.7 Å². The Morgan fingerprint density at radius 1 is 1.07 bits per heavy atom. The number of hydrogen-bond acceptors (Lipinski definition) is 7. The predicted molar refractivity (Wildman–Crippen MR) is 152 cm³/mol. The molecule has 10 heteroatoms. The van der Waals surface area contributed by atoms with Crippen molar-refractivity contribution in [3.8, 4) is 0 Å². The van der Waals surface area contributed by atoms with Crippen molar-refractivity contribution in [2.45, 2.75) is 70.9 Å². The van der Waals surface area contributed by atoms with Gasteiger partial charge in [-0.15, -0.1) is 0 Å². The van der Waals surface area contributed by atoms with Gasteiger partial charge in [0.2, 0.25) is 11.8 Å². The zero-order valence-corrected chi connectivity index (χ0v) is 23.9. The molecular weight excluding hydrogens is 508 g/mol. The summed E-state index contributed by atoms with van der Waals surface area (Å²) in [6.45, 7) is 7.39. The van der Waals surface area contributed by atoms with E-state index in [1.807, 2.05) is 50.2 Å². The minimum atomic E-state index is -0.816. The van der Waals surface area contributed by atoms with Crippen LogP contribution in [-0.2, 0) is 27.3 Å². The Morgan fingerprint density at radius 2 is 1.85 bits per heavy atom. The third kappa shape index (κ3) is 7.37. The van der Waals surface area contributed by atoms with Gasteiger partial charge >= 0.3 is 6.09 Å². The van der Waals surface area contributed by atoms with E-state index in [0.29, 0.717) is 26.2 Å². The van der Waals surface area contributed by atoms with Gasteiger partial charge in [-0.1, -0.05) is 44.2 Å². The van der Waals surface area contributed by atoms with E-state index in [2.05, 4.69) is 31.9 Å². The number of rotatable bonds is 9. The fourth-order valence-electron chi connectivity index (χ4n) is 5.33. The lowest BCUT2D eigenvalue weighted by atomic mass is 9.88. The van der Waals surface area contributed by atoms with Gasteiger partial charge in [-0.3, -0.25) is 19.5 Å². The number of likely N-dealkylation sites (N-methyl/N-ethyl adjacent to an activating group) is 1. The molecule has 4 rings (SSSR count). The van der Waals surface area contributed by atoms with Crippen molar-refractivity contribution in [3.63, 3.8) is 0 Å². The van der Waals surface area contributed by atoms with Crippen molar-refractivity contribution < 1.29 is 19.1 Å². The average Bonchev–Trinajstić information content (AvgIpc) is 2.95. The van der Waals surface area contributed by atoms with E-state index >= 15 is 0 Å². The Balaban J connectivity index is 1.50. The highest BCUT2D eigenvalue weighted by molar-refractivity contribution is 5.90. The smallest absolute Gasteiger partial charge is 0.409 e. The van der Waals surface area contributed by atoms with E-state index in [0.717, 1.165) is 30.5 Å². The molecule has 1 fully saturated rings. The molecule has 4 atom stereocenters. The highest BCUT2D eigenvalue weighted by Gasteiger charge is 2.38. The van der Waals surface area contributed by atoms with Crippen LogP contribution in [0, 0.1) is 5.92 Å². The molecule has 3 amide bonds. The van der Waals surface area contributed by atoms with Gasteiger partial charge in [0.1, 0.15) is 6.04 Å². The van der Waals surface area contributed by atoms with Gasteiger partial charge in [0.15, 0.2) is 6.23 Å². The molecule has 1 aliphatic carbocycles. The van der Waals surface area contributed by atoms with Crippen LogP contribution < -0.4 is 16.0 Å². The predicted octanol–water partition coefficient (Wildman–Crippen LogP) is 2.60. The number of carbonyl (C=O) groups is 3. The molecule has 1 unspecified atom stereocenters. The Bertz CT molecular complexity index is 1160. The summed E-state index contributed by atoms with van der Waals surface area (Å²) in [6, 6.07) is 12.6.